The topological polar surface area (TPSA) is 74.6 Å². The van der Waals surface area contributed by atoms with Crippen molar-refractivity contribution in [3.8, 4) is 5.69 Å². The van der Waals surface area contributed by atoms with Crippen LogP contribution >= 0.6 is 0 Å². The predicted octanol–water partition coefficient (Wildman–Crippen LogP) is 2.24. The molecule has 0 atom stereocenters. The standard InChI is InChI=1S/C20H18FN3O3/c21-13-1-3-14(4-2-13)24-12-17(20(26)27)19(25)16-6-5-15(11-18(16)24)23-9-7-22-8-10-23/h1-6,11-12,22H,7-10H2,(H,26,27). The molecule has 2 N–H and O–H groups in total. The molecule has 0 amide bonds. The second kappa shape index (κ2) is 6.85. The van der Waals surface area contributed by atoms with Gasteiger partial charge in [-0.1, -0.05) is 0 Å². The lowest BCUT2D eigenvalue weighted by Crippen LogP contribution is -2.43. The first-order chi connectivity index (χ1) is 13.0. The number of halogens is 1. The van der Waals surface area contributed by atoms with Crippen LogP contribution in [0.3, 0.4) is 0 Å². The highest BCUT2D eigenvalue weighted by atomic mass is 19.1. The molecule has 1 fully saturated rings. The van der Waals surface area contributed by atoms with E-state index in [2.05, 4.69) is 10.2 Å². The third-order valence-electron chi connectivity index (χ3n) is 4.81. The molecule has 1 aliphatic rings. The Morgan fingerprint density at radius 3 is 2.37 bits per heavy atom. The van der Waals surface area contributed by atoms with E-state index < -0.39 is 11.4 Å². The molecule has 0 aliphatic carbocycles. The van der Waals surface area contributed by atoms with Gasteiger partial charge in [-0.05, 0) is 42.5 Å². The molecule has 1 aliphatic heterocycles. The van der Waals surface area contributed by atoms with Gasteiger partial charge in [0, 0.05) is 49.1 Å². The van der Waals surface area contributed by atoms with E-state index in [0.717, 1.165) is 31.9 Å². The van der Waals surface area contributed by atoms with Crippen LogP contribution in [0, 0.1) is 5.82 Å². The molecule has 2 heterocycles. The number of carboxylic acid groups (broad SMARTS) is 1. The lowest BCUT2D eigenvalue weighted by molar-refractivity contribution is 0.0695. The van der Waals surface area contributed by atoms with Crippen molar-refractivity contribution in [2.75, 3.05) is 31.1 Å². The zero-order valence-electron chi connectivity index (χ0n) is 14.5. The monoisotopic (exact) mass is 367 g/mol. The number of anilines is 1. The summed E-state index contributed by atoms with van der Waals surface area (Å²) in [6, 6.07) is 11.1. The largest absolute Gasteiger partial charge is 0.477 e. The van der Waals surface area contributed by atoms with E-state index in [0.29, 0.717) is 16.6 Å². The molecule has 7 heteroatoms. The highest BCUT2D eigenvalue weighted by Crippen LogP contribution is 2.24. The fraction of sp³-hybridized carbons (Fsp3) is 0.200. The first kappa shape index (κ1) is 17.2. The maximum Gasteiger partial charge on any atom is 0.341 e. The van der Waals surface area contributed by atoms with Crippen molar-refractivity contribution in [1.29, 1.82) is 0 Å². The Morgan fingerprint density at radius 2 is 1.70 bits per heavy atom. The summed E-state index contributed by atoms with van der Waals surface area (Å²) in [5.74, 6) is -1.67. The second-order valence-corrected chi connectivity index (χ2v) is 6.46. The first-order valence-electron chi connectivity index (χ1n) is 8.69. The van der Waals surface area contributed by atoms with Crippen molar-refractivity contribution in [1.82, 2.24) is 9.88 Å². The Kier molecular flexibility index (Phi) is 4.37. The Balaban J connectivity index is 1.96. The van der Waals surface area contributed by atoms with Gasteiger partial charge in [0.05, 0.1) is 5.52 Å². The molecule has 0 unspecified atom stereocenters. The Hall–Kier alpha value is -3.19. The van der Waals surface area contributed by atoms with Crippen molar-refractivity contribution in [2.24, 2.45) is 0 Å². The molecule has 1 saturated heterocycles. The minimum Gasteiger partial charge on any atom is -0.477 e. The highest BCUT2D eigenvalue weighted by molar-refractivity contribution is 5.94. The zero-order valence-corrected chi connectivity index (χ0v) is 14.5. The summed E-state index contributed by atoms with van der Waals surface area (Å²) in [6.07, 6.45) is 1.31. The Labute approximate surface area is 154 Å². The van der Waals surface area contributed by atoms with Crippen molar-refractivity contribution in [2.45, 2.75) is 0 Å². The zero-order chi connectivity index (χ0) is 19.0. The summed E-state index contributed by atoms with van der Waals surface area (Å²) in [4.78, 5) is 26.4. The van der Waals surface area contributed by atoms with Crippen LogP contribution in [-0.2, 0) is 0 Å². The number of hydrogen-bond donors (Lipinski definition) is 2. The summed E-state index contributed by atoms with van der Waals surface area (Å²) in [7, 11) is 0. The molecule has 27 heavy (non-hydrogen) atoms. The van der Waals surface area contributed by atoms with Crippen LogP contribution in [0.1, 0.15) is 10.4 Å². The van der Waals surface area contributed by atoms with E-state index in [1.165, 1.54) is 18.3 Å². The van der Waals surface area contributed by atoms with Crippen molar-refractivity contribution in [3.05, 3.63) is 70.3 Å². The van der Waals surface area contributed by atoms with Crippen molar-refractivity contribution >= 4 is 22.6 Å². The van der Waals surface area contributed by atoms with Crippen LogP contribution in [-0.4, -0.2) is 41.8 Å². The Bertz CT molecular complexity index is 1070. The summed E-state index contributed by atoms with van der Waals surface area (Å²) in [6.45, 7) is 3.44. The molecule has 0 bridgehead atoms. The van der Waals surface area contributed by atoms with E-state index in [1.807, 2.05) is 12.1 Å². The fourth-order valence-electron chi connectivity index (χ4n) is 3.40. The van der Waals surface area contributed by atoms with E-state index in [9.17, 15) is 19.1 Å². The number of piperazine rings is 1. The third-order valence-corrected chi connectivity index (χ3v) is 4.81. The minimum atomic E-state index is -1.29. The fourth-order valence-corrected chi connectivity index (χ4v) is 3.40. The molecule has 6 nitrogen and oxygen atoms in total. The van der Waals surface area contributed by atoms with Gasteiger partial charge in [-0.3, -0.25) is 4.79 Å². The quantitative estimate of drug-likeness (QED) is 0.743. The second-order valence-electron chi connectivity index (χ2n) is 6.46. The number of nitrogens with zero attached hydrogens (tertiary/aromatic N) is 2. The van der Waals surface area contributed by atoms with Crippen molar-refractivity contribution in [3.63, 3.8) is 0 Å². The minimum absolute atomic E-state index is 0.318. The van der Waals surface area contributed by atoms with E-state index in [4.69, 9.17) is 0 Å². The number of carbonyl (C=O) groups is 1. The average Bonchev–Trinajstić information content (AvgIpc) is 2.69. The van der Waals surface area contributed by atoms with Gasteiger partial charge in [-0.2, -0.15) is 0 Å². The Morgan fingerprint density at radius 1 is 1.04 bits per heavy atom. The number of rotatable bonds is 3. The lowest BCUT2D eigenvalue weighted by atomic mass is 10.1. The van der Waals surface area contributed by atoms with Crippen LogP contribution in [0.4, 0.5) is 10.1 Å². The number of hydrogen-bond acceptors (Lipinski definition) is 4. The SMILES string of the molecule is O=C(O)c1cn(-c2ccc(F)cc2)c2cc(N3CCNCC3)ccc2c1=O. The number of aromatic carboxylic acids is 1. The van der Waals surface area contributed by atoms with E-state index >= 15 is 0 Å². The van der Waals surface area contributed by atoms with Gasteiger partial charge in [0.15, 0.2) is 0 Å². The molecule has 2 aromatic carbocycles. The van der Waals surface area contributed by atoms with E-state index in [1.54, 1.807) is 22.8 Å². The maximum absolute atomic E-state index is 13.3. The van der Waals surface area contributed by atoms with E-state index in [-0.39, 0.29) is 11.4 Å². The van der Waals surface area contributed by atoms with Crippen LogP contribution < -0.4 is 15.6 Å². The molecule has 0 radical (unpaired) electrons. The number of aromatic nitrogens is 1. The summed E-state index contributed by atoms with van der Waals surface area (Å²) >= 11 is 0. The van der Waals surface area contributed by atoms with Gasteiger partial charge < -0.3 is 19.9 Å². The molecule has 0 saturated carbocycles. The molecule has 3 aromatic rings. The van der Waals surface area contributed by atoms with Crippen LogP contribution in [0.5, 0.6) is 0 Å². The highest BCUT2D eigenvalue weighted by Gasteiger charge is 2.17. The van der Waals surface area contributed by atoms with Gasteiger partial charge in [0.2, 0.25) is 5.43 Å². The predicted molar refractivity (Wildman–Crippen MR) is 102 cm³/mol. The molecular weight excluding hydrogens is 349 g/mol. The summed E-state index contributed by atoms with van der Waals surface area (Å²) < 4.78 is 15.0. The average molecular weight is 367 g/mol. The molecule has 0 spiro atoms. The van der Waals surface area contributed by atoms with Gasteiger partial charge in [-0.15, -0.1) is 0 Å². The number of pyridine rings is 1. The van der Waals surface area contributed by atoms with Crippen molar-refractivity contribution < 1.29 is 14.3 Å². The summed E-state index contributed by atoms with van der Waals surface area (Å²) in [5, 5.41) is 13.0. The normalized spacial score (nSPS) is 14.5. The first-order valence-corrected chi connectivity index (χ1v) is 8.69. The molecule has 1 aromatic heterocycles. The number of fused-ring (bicyclic) bond motifs is 1. The van der Waals surface area contributed by atoms with Gasteiger partial charge in [0.25, 0.3) is 0 Å². The smallest absolute Gasteiger partial charge is 0.341 e. The number of benzene rings is 2. The molecule has 4 rings (SSSR count). The molecule has 138 valence electrons. The van der Waals surface area contributed by atoms with Gasteiger partial charge >= 0.3 is 5.97 Å². The van der Waals surface area contributed by atoms with Gasteiger partial charge in [0.1, 0.15) is 11.4 Å². The number of carboxylic acids is 1. The van der Waals surface area contributed by atoms with Crippen LogP contribution in [0.15, 0.2) is 53.5 Å². The maximum atomic E-state index is 13.3. The lowest BCUT2D eigenvalue weighted by Gasteiger charge is -2.29. The molecular formula is C20H18FN3O3. The number of nitrogens with one attached hydrogen (secondary N) is 1. The van der Waals surface area contributed by atoms with Crippen LogP contribution in [0.2, 0.25) is 0 Å². The summed E-state index contributed by atoms with van der Waals surface area (Å²) in [5.41, 5.74) is 1.29. The van der Waals surface area contributed by atoms with Crippen LogP contribution in [0.25, 0.3) is 16.6 Å². The van der Waals surface area contributed by atoms with Gasteiger partial charge in [-0.25, -0.2) is 9.18 Å². The third kappa shape index (κ3) is 3.17.